The van der Waals surface area contributed by atoms with Crippen LogP contribution in [0.25, 0.3) is 11.3 Å². The van der Waals surface area contributed by atoms with Crippen molar-refractivity contribution in [2.75, 3.05) is 5.32 Å². The van der Waals surface area contributed by atoms with Crippen LogP contribution in [-0.2, 0) is 0 Å². The molecule has 24 heavy (non-hydrogen) atoms. The summed E-state index contributed by atoms with van der Waals surface area (Å²) in [6.07, 6.45) is 2.47. The number of amides is 2. The van der Waals surface area contributed by atoms with Gasteiger partial charge in [-0.2, -0.15) is 0 Å². The minimum atomic E-state index is -0.354. The van der Waals surface area contributed by atoms with E-state index >= 15 is 0 Å². The summed E-state index contributed by atoms with van der Waals surface area (Å²) in [5.41, 5.74) is 1.96. The Kier molecular flexibility index (Phi) is 4.60. The lowest BCUT2D eigenvalue weighted by Crippen LogP contribution is -2.33. The number of hydrogen-bond acceptors (Lipinski definition) is 4. The van der Waals surface area contributed by atoms with Crippen LogP contribution in [0.4, 0.5) is 10.6 Å². The number of H-pyrrole nitrogens is 1. The van der Waals surface area contributed by atoms with Crippen LogP contribution < -0.4 is 10.6 Å². The monoisotopic (exact) mass is 325 g/mol. The van der Waals surface area contributed by atoms with Crippen molar-refractivity contribution in [2.45, 2.75) is 26.3 Å². The molecule has 2 amide bonds. The van der Waals surface area contributed by atoms with Gasteiger partial charge in [0.15, 0.2) is 5.82 Å². The molecule has 0 fully saturated rings. The van der Waals surface area contributed by atoms with Crippen LogP contribution in [0.5, 0.6) is 0 Å². The molecule has 2 heterocycles. The van der Waals surface area contributed by atoms with Crippen molar-refractivity contribution >= 4 is 11.8 Å². The number of carbonyl (C=O) groups excluding carboxylic acids is 1. The molecule has 3 N–H and O–H groups in total. The Bertz CT molecular complexity index is 809. The molecule has 3 aromatic rings. The van der Waals surface area contributed by atoms with Gasteiger partial charge in [0.05, 0.1) is 17.9 Å². The van der Waals surface area contributed by atoms with Crippen molar-refractivity contribution in [3.63, 3.8) is 0 Å². The van der Waals surface area contributed by atoms with Crippen LogP contribution in [0.15, 0.2) is 47.1 Å². The predicted octanol–water partition coefficient (Wildman–Crippen LogP) is 3.65. The van der Waals surface area contributed by atoms with E-state index in [4.69, 9.17) is 4.52 Å². The van der Waals surface area contributed by atoms with Crippen LogP contribution in [0, 0.1) is 6.92 Å². The molecule has 0 aliphatic rings. The predicted molar refractivity (Wildman–Crippen MR) is 90.5 cm³/mol. The normalized spacial score (nSPS) is 11.9. The number of rotatable bonds is 5. The lowest BCUT2D eigenvalue weighted by Gasteiger charge is -2.14. The van der Waals surface area contributed by atoms with Crippen LogP contribution in [0.3, 0.4) is 0 Å². The van der Waals surface area contributed by atoms with Crippen molar-refractivity contribution in [3.8, 4) is 11.3 Å². The molecule has 3 rings (SSSR count). The molecule has 7 nitrogen and oxygen atoms in total. The summed E-state index contributed by atoms with van der Waals surface area (Å²) < 4.78 is 4.92. The highest BCUT2D eigenvalue weighted by Gasteiger charge is 2.17. The van der Waals surface area contributed by atoms with Gasteiger partial charge in [-0.15, -0.1) is 0 Å². The molecular weight excluding hydrogens is 306 g/mol. The molecule has 0 aliphatic carbocycles. The second-order valence-corrected chi connectivity index (χ2v) is 5.43. The number of carbonyl (C=O) groups is 1. The quantitative estimate of drug-likeness (QED) is 0.667. The maximum Gasteiger partial charge on any atom is 0.321 e. The second kappa shape index (κ2) is 6.99. The molecule has 0 bridgehead atoms. The summed E-state index contributed by atoms with van der Waals surface area (Å²) in [7, 11) is 0. The minimum absolute atomic E-state index is 0.226. The minimum Gasteiger partial charge on any atom is -0.360 e. The lowest BCUT2D eigenvalue weighted by atomic mass is 10.2. The van der Waals surface area contributed by atoms with E-state index in [1.54, 1.807) is 19.2 Å². The number of benzene rings is 1. The number of nitrogens with zero attached hydrogens (tertiary/aromatic N) is 2. The van der Waals surface area contributed by atoms with Crippen molar-refractivity contribution in [1.29, 1.82) is 0 Å². The fraction of sp³-hybridized carbons (Fsp3) is 0.235. The molecule has 124 valence electrons. The van der Waals surface area contributed by atoms with Gasteiger partial charge in [0.2, 0.25) is 0 Å². The van der Waals surface area contributed by atoms with Crippen molar-refractivity contribution in [2.24, 2.45) is 0 Å². The zero-order valence-electron chi connectivity index (χ0n) is 13.5. The fourth-order valence-corrected chi connectivity index (χ4v) is 2.38. The van der Waals surface area contributed by atoms with E-state index in [2.05, 4.69) is 25.8 Å². The van der Waals surface area contributed by atoms with E-state index in [-0.39, 0.29) is 12.1 Å². The van der Waals surface area contributed by atoms with Crippen LogP contribution in [0.2, 0.25) is 0 Å². The van der Waals surface area contributed by atoms with Gasteiger partial charge in [0, 0.05) is 6.07 Å². The largest absolute Gasteiger partial charge is 0.360 e. The summed E-state index contributed by atoms with van der Waals surface area (Å²) >= 11 is 0. The van der Waals surface area contributed by atoms with Crippen LogP contribution in [0.1, 0.15) is 31.0 Å². The van der Waals surface area contributed by atoms with E-state index in [0.717, 1.165) is 11.3 Å². The molecule has 0 aliphatic heterocycles. The fourth-order valence-electron chi connectivity index (χ4n) is 2.38. The number of hydrogen-bond donors (Lipinski definition) is 3. The first-order chi connectivity index (χ1) is 11.7. The number of nitrogens with one attached hydrogen (secondary N) is 3. The summed E-state index contributed by atoms with van der Waals surface area (Å²) in [4.78, 5) is 19.8. The Morgan fingerprint density at radius 2 is 2.12 bits per heavy atom. The molecule has 0 unspecified atom stereocenters. The van der Waals surface area contributed by atoms with Gasteiger partial charge in [-0.05, 0) is 18.9 Å². The SMILES string of the molecule is CC[C@H](NC(=O)Nc1cc(C)on1)c1ncc(-c2ccccc2)[nH]1. The van der Waals surface area contributed by atoms with Gasteiger partial charge in [-0.3, -0.25) is 5.32 Å². The number of aryl methyl sites for hydroxylation is 1. The Morgan fingerprint density at radius 3 is 2.79 bits per heavy atom. The van der Waals surface area contributed by atoms with Gasteiger partial charge in [-0.25, -0.2) is 9.78 Å². The highest BCUT2D eigenvalue weighted by molar-refractivity contribution is 5.88. The molecule has 0 saturated heterocycles. The van der Waals surface area contributed by atoms with Crippen molar-refractivity contribution in [3.05, 3.63) is 54.2 Å². The second-order valence-electron chi connectivity index (χ2n) is 5.43. The molecule has 7 heteroatoms. The average Bonchev–Trinajstić information content (AvgIpc) is 3.23. The number of aromatic amines is 1. The van der Waals surface area contributed by atoms with E-state index in [0.29, 0.717) is 23.8 Å². The third kappa shape index (κ3) is 3.62. The Balaban J connectivity index is 1.68. The van der Waals surface area contributed by atoms with Crippen LogP contribution >= 0.6 is 0 Å². The van der Waals surface area contributed by atoms with E-state index < -0.39 is 0 Å². The smallest absolute Gasteiger partial charge is 0.321 e. The third-order valence-corrected chi connectivity index (χ3v) is 3.59. The molecule has 1 aromatic carbocycles. The number of urea groups is 1. The van der Waals surface area contributed by atoms with Gasteiger partial charge >= 0.3 is 6.03 Å². The highest BCUT2D eigenvalue weighted by atomic mass is 16.5. The topological polar surface area (TPSA) is 95.8 Å². The first kappa shape index (κ1) is 15.8. The van der Waals surface area contributed by atoms with Gasteiger partial charge in [0.25, 0.3) is 0 Å². The maximum atomic E-state index is 12.1. The van der Waals surface area contributed by atoms with Crippen molar-refractivity contribution in [1.82, 2.24) is 20.4 Å². The third-order valence-electron chi connectivity index (χ3n) is 3.59. The summed E-state index contributed by atoms with van der Waals surface area (Å²) in [6, 6.07) is 11.0. The van der Waals surface area contributed by atoms with Gasteiger partial charge < -0.3 is 14.8 Å². The van der Waals surface area contributed by atoms with Crippen molar-refractivity contribution < 1.29 is 9.32 Å². The first-order valence-electron chi connectivity index (χ1n) is 7.77. The summed E-state index contributed by atoms with van der Waals surface area (Å²) in [5.74, 6) is 1.72. The van der Waals surface area contributed by atoms with E-state index in [1.807, 2.05) is 37.3 Å². The summed E-state index contributed by atoms with van der Waals surface area (Å²) in [6.45, 7) is 3.74. The van der Waals surface area contributed by atoms with E-state index in [9.17, 15) is 4.79 Å². The Hall–Kier alpha value is -3.09. The number of anilines is 1. The Labute approximate surface area is 139 Å². The average molecular weight is 325 g/mol. The zero-order chi connectivity index (χ0) is 16.9. The molecule has 1 atom stereocenters. The molecule has 2 aromatic heterocycles. The first-order valence-corrected chi connectivity index (χ1v) is 7.77. The highest BCUT2D eigenvalue weighted by Crippen LogP contribution is 2.20. The Morgan fingerprint density at radius 1 is 1.33 bits per heavy atom. The van der Waals surface area contributed by atoms with Crippen LogP contribution in [-0.4, -0.2) is 21.2 Å². The summed E-state index contributed by atoms with van der Waals surface area (Å²) in [5, 5.41) is 9.25. The molecular formula is C17H19N5O2. The van der Waals surface area contributed by atoms with Gasteiger partial charge in [0.1, 0.15) is 11.6 Å². The maximum absolute atomic E-state index is 12.1. The lowest BCUT2D eigenvalue weighted by molar-refractivity contribution is 0.247. The number of imidazole rings is 1. The number of aromatic nitrogens is 3. The standard InChI is InChI=1S/C17H19N5O2/c1-3-13(20-17(23)21-15-9-11(2)24-22-15)16-18-10-14(19-16)12-7-5-4-6-8-12/h4-10,13H,3H2,1-2H3,(H,18,19)(H2,20,21,22,23)/t13-/m0/s1. The molecule has 0 saturated carbocycles. The molecule has 0 radical (unpaired) electrons. The molecule has 0 spiro atoms. The zero-order valence-corrected chi connectivity index (χ0v) is 13.5. The van der Waals surface area contributed by atoms with Gasteiger partial charge in [-0.1, -0.05) is 42.4 Å². The van der Waals surface area contributed by atoms with E-state index in [1.165, 1.54) is 0 Å².